The number of aryl methyl sites for hydroxylation is 1. The first-order valence-electron chi connectivity index (χ1n) is 6.07. The maximum Gasteiger partial charge on any atom is 0.224 e. The van der Waals surface area contributed by atoms with Gasteiger partial charge in [0.15, 0.2) is 0 Å². The molecule has 0 unspecified atom stereocenters. The van der Waals surface area contributed by atoms with E-state index >= 15 is 0 Å². The molecule has 100 valence electrons. The number of hydrogen-bond acceptors (Lipinski definition) is 4. The van der Waals surface area contributed by atoms with Crippen molar-refractivity contribution in [2.45, 2.75) is 13.5 Å². The Labute approximate surface area is 122 Å². The fraction of sp³-hybridized carbons (Fsp3) is 0.286. The highest BCUT2D eigenvalue weighted by molar-refractivity contribution is 9.10. The lowest BCUT2D eigenvalue weighted by atomic mass is 10.2. The van der Waals surface area contributed by atoms with Gasteiger partial charge in [-0.2, -0.15) is 4.98 Å². The molecule has 0 amide bonds. The quantitative estimate of drug-likeness (QED) is 0.939. The van der Waals surface area contributed by atoms with Crippen molar-refractivity contribution in [2.75, 3.05) is 24.3 Å². The fourth-order valence-electron chi connectivity index (χ4n) is 1.92. The van der Waals surface area contributed by atoms with Crippen LogP contribution in [0.15, 0.2) is 34.9 Å². The predicted octanol–water partition coefficient (Wildman–Crippen LogP) is 3.23. The Kier molecular flexibility index (Phi) is 4.37. The summed E-state index contributed by atoms with van der Waals surface area (Å²) < 4.78 is 1.09. The van der Waals surface area contributed by atoms with Gasteiger partial charge in [0, 0.05) is 36.9 Å². The number of nitrogens with one attached hydrogen (secondary N) is 1. The van der Waals surface area contributed by atoms with E-state index in [2.05, 4.69) is 48.2 Å². The molecular weight excluding hydrogens is 304 g/mol. The minimum atomic E-state index is 0.640. The Balaban J connectivity index is 2.22. The molecule has 0 saturated carbocycles. The normalized spacial score (nSPS) is 10.3. The minimum Gasteiger partial charge on any atom is -0.357 e. The van der Waals surface area contributed by atoms with Gasteiger partial charge in [-0.1, -0.05) is 28.1 Å². The average Bonchev–Trinajstić information content (AvgIpc) is 2.39. The van der Waals surface area contributed by atoms with Gasteiger partial charge in [-0.25, -0.2) is 4.98 Å². The minimum absolute atomic E-state index is 0.640. The molecule has 1 aromatic heterocycles. The Morgan fingerprint density at radius 1 is 1.37 bits per heavy atom. The van der Waals surface area contributed by atoms with Gasteiger partial charge in [-0.3, -0.25) is 0 Å². The summed E-state index contributed by atoms with van der Waals surface area (Å²) >= 11 is 3.49. The maximum absolute atomic E-state index is 4.50. The summed E-state index contributed by atoms with van der Waals surface area (Å²) in [6.45, 7) is 2.83. The van der Waals surface area contributed by atoms with Crippen LogP contribution in [0.3, 0.4) is 0 Å². The third kappa shape index (κ3) is 3.44. The van der Waals surface area contributed by atoms with Crippen LogP contribution >= 0.6 is 15.9 Å². The largest absolute Gasteiger partial charge is 0.357 e. The number of halogens is 1. The zero-order chi connectivity index (χ0) is 13.8. The Morgan fingerprint density at radius 3 is 2.84 bits per heavy atom. The molecule has 19 heavy (non-hydrogen) atoms. The Hall–Kier alpha value is -1.62. The lowest BCUT2D eigenvalue weighted by molar-refractivity contribution is 0.883. The van der Waals surface area contributed by atoms with Gasteiger partial charge < -0.3 is 10.2 Å². The first-order valence-corrected chi connectivity index (χ1v) is 6.86. The molecule has 0 aliphatic rings. The van der Waals surface area contributed by atoms with Gasteiger partial charge in [0.2, 0.25) is 5.95 Å². The van der Waals surface area contributed by atoms with E-state index in [1.54, 1.807) is 0 Å². The lowest BCUT2D eigenvalue weighted by Gasteiger charge is -2.20. The summed E-state index contributed by atoms with van der Waals surface area (Å²) in [4.78, 5) is 10.8. The van der Waals surface area contributed by atoms with E-state index in [4.69, 9.17) is 0 Å². The van der Waals surface area contributed by atoms with Crippen LogP contribution in [0.5, 0.6) is 0 Å². The first kappa shape index (κ1) is 13.8. The Morgan fingerprint density at radius 2 is 2.16 bits per heavy atom. The number of benzene rings is 1. The zero-order valence-electron chi connectivity index (χ0n) is 11.3. The summed E-state index contributed by atoms with van der Waals surface area (Å²) in [5, 5.41) is 2.97. The van der Waals surface area contributed by atoms with E-state index in [0.717, 1.165) is 22.4 Å². The van der Waals surface area contributed by atoms with Gasteiger partial charge in [0.1, 0.15) is 5.82 Å². The van der Waals surface area contributed by atoms with Gasteiger partial charge in [0.05, 0.1) is 0 Å². The van der Waals surface area contributed by atoms with Crippen molar-refractivity contribution in [3.8, 4) is 0 Å². The molecule has 5 heteroatoms. The maximum atomic E-state index is 4.50. The van der Waals surface area contributed by atoms with E-state index in [-0.39, 0.29) is 0 Å². The molecule has 1 aromatic carbocycles. The van der Waals surface area contributed by atoms with Crippen molar-refractivity contribution in [1.82, 2.24) is 9.97 Å². The fourth-order valence-corrected chi connectivity index (χ4v) is 2.37. The van der Waals surface area contributed by atoms with Gasteiger partial charge in [0.25, 0.3) is 0 Å². The number of rotatable bonds is 4. The van der Waals surface area contributed by atoms with E-state index < -0.39 is 0 Å². The van der Waals surface area contributed by atoms with Crippen molar-refractivity contribution < 1.29 is 0 Å². The molecule has 4 nitrogen and oxygen atoms in total. The van der Waals surface area contributed by atoms with Crippen molar-refractivity contribution in [1.29, 1.82) is 0 Å². The van der Waals surface area contributed by atoms with Crippen LogP contribution in [0.4, 0.5) is 11.8 Å². The first-order chi connectivity index (χ1) is 9.10. The SMILES string of the molecule is CNc1ncc(C)c(N(C)Cc2cccc(Br)c2)n1. The third-order valence-corrected chi connectivity index (χ3v) is 3.33. The number of aromatic nitrogens is 2. The van der Waals surface area contributed by atoms with Crippen LogP contribution in [0, 0.1) is 6.92 Å². The molecule has 0 aliphatic carbocycles. The van der Waals surface area contributed by atoms with Crippen molar-refractivity contribution in [3.05, 3.63) is 46.1 Å². The molecule has 2 rings (SSSR count). The molecule has 1 N–H and O–H groups in total. The average molecular weight is 321 g/mol. The van der Waals surface area contributed by atoms with E-state index in [9.17, 15) is 0 Å². The number of nitrogens with zero attached hydrogens (tertiary/aromatic N) is 3. The van der Waals surface area contributed by atoms with Crippen LogP contribution in [-0.4, -0.2) is 24.1 Å². The molecule has 0 spiro atoms. The molecule has 0 bridgehead atoms. The van der Waals surface area contributed by atoms with Gasteiger partial charge >= 0.3 is 0 Å². The zero-order valence-corrected chi connectivity index (χ0v) is 12.9. The molecule has 2 aromatic rings. The standard InChI is InChI=1S/C14H17BrN4/c1-10-8-17-14(16-2)18-13(10)19(3)9-11-5-4-6-12(15)7-11/h4-8H,9H2,1-3H3,(H,16,17,18). The van der Waals surface area contributed by atoms with E-state index in [1.165, 1.54) is 5.56 Å². The molecule has 0 aliphatic heterocycles. The lowest BCUT2D eigenvalue weighted by Crippen LogP contribution is -2.19. The summed E-state index contributed by atoms with van der Waals surface area (Å²) in [5.74, 6) is 1.58. The smallest absolute Gasteiger partial charge is 0.224 e. The van der Waals surface area contributed by atoms with Crippen LogP contribution in [-0.2, 0) is 6.54 Å². The van der Waals surface area contributed by atoms with Gasteiger partial charge in [-0.05, 0) is 24.6 Å². The summed E-state index contributed by atoms with van der Waals surface area (Å²) in [6.07, 6.45) is 1.84. The van der Waals surface area contributed by atoms with Crippen molar-refractivity contribution in [2.24, 2.45) is 0 Å². The van der Waals surface area contributed by atoms with Crippen LogP contribution in [0.25, 0.3) is 0 Å². The predicted molar refractivity (Wildman–Crippen MR) is 82.6 cm³/mol. The molecule has 0 atom stereocenters. The van der Waals surface area contributed by atoms with E-state index in [1.807, 2.05) is 39.3 Å². The Bertz CT molecular complexity index is 571. The van der Waals surface area contributed by atoms with Gasteiger partial charge in [-0.15, -0.1) is 0 Å². The molecule has 0 radical (unpaired) electrons. The molecular formula is C14H17BrN4. The monoisotopic (exact) mass is 320 g/mol. The summed E-state index contributed by atoms with van der Waals surface area (Å²) in [5.41, 5.74) is 2.30. The van der Waals surface area contributed by atoms with Crippen LogP contribution in [0.1, 0.15) is 11.1 Å². The highest BCUT2D eigenvalue weighted by Gasteiger charge is 2.09. The number of anilines is 2. The second-order valence-electron chi connectivity index (χ2n) is 4.44. The topological polar surface area (TPSA) is 41.1 Å². The second kappa shape index (κ2) is 6.02. The van der Waals surface area contributed by atoms with Crippen molar-refractivity contribution in [3.63, 3.8) is 0 Å². The van der Waals surface area contributed by atoms with E-state index in [0.29, 0.717) is 5.95 Å². The second-order valence-corrected chi connectivity index (χ2v) is 5.35. The molecule has 0 fully saturated rings. The molecule has 0 saturated heterocycles. The highest BCUT2D eigenvalue weighted by Crippen LogP contribution is 2.20. The van der Waals surface area contributed by atoms with Crippen LogP contribution < -0.4 is 10.2 Å². The summed E-state index contributed by atoms with van der Waals surface area (Å²) in [6, 6.07) is 8.29. The summed E-state index contributed by atoms with van der Waals surface area (Å²) in [7, 11) is 3.86. The van der Waals surface area contributed by atoms with Crippen LogP contribution in [0.2, 0.25) is 0 Å². The third-order valence-electron chi connectivity index (χ3n) is 2.84. The highest BCUT2D eigenvalue weighted by atomic mass is 79.9. The molecule has 1 heterocycles. The number of hydrogen-bond donors (Lipinski definition) is 1. The van der Waals surface area contributed by atoms with Crippen molar-refractivity contribution >= 4 is 27.7 Å².